The van der Waals surface area contributed by atoms with Gasteiger partial charge in [-0.1, -0.05) is 0 Å². The Morgan fingerprint density at radius 3 is 2.74 bits per heavy atom. The van der Waals surface area contributed by atoms with Crippen LogP contribution in [0.15, 0.2) is 18.5 Å². The topological polar surface area (TPSA) is 113 Å². The molecule has 1 saturated heterocycles. The zero-order chi connectivity index (χ0) is 18.8. The summed E-state index contributed by atoms with van der Waals surface area (Å²) in [5.74, 6) is 0.124. The van der Waals surface area contributed by atoms with Crippen molar-refractivity contribution in [2.75, 3.05) is 36.5 Å². The number of carboxylic acids is 1. The lowest BCUT2D eigenvalue weighted by Gasteiger charge is -2.28. The van der Waals surface area contributed by atoms with Crippen molar-refractivity contribution in [3.05, 3.63) is 34.2 Å². The zero-order valence-electron chi connectivity index (χ0n) is 14.1. The Bertz CT molecular complexity index is 974. The number of carboxylic acid groups (broad SMARTS) is 1. The van der Waals surface area contributed by atoms with Crippen molar-refractivity contribution in [2.24, 2.45) is 0 Å². The molecular formula is C16H15ClN6O3S. The monoisotopic (exact) mass is 406 g/mol. The summed E-state index contributed by atoms with van der Waals surface area (Å²) in [6.45, 7) is 3.32. The number of hydrogen-bond acceptors (Lipinski definition) is 9. The molecule has 1 aliphatic rings. The number of hydrogen-bond donors (Lipinski definition) is 2. The maximum absolute atomic E-state index is 10.8. The standard InChI is InChI=1S/C16H15ClN6O3S/c17-15-21-11-5-10(8-20-16-18-6-9(7-19-16)14(24)25)27-12(11)13(22-15)23-1-3-26-4-2-23/h5-7H,1-4,8H2,(H,24,25)(H,18,19,20). The number of aromatic nitrogens is 4. The van der Waals surface area contributed by atoms with E-state index in [1.54, 1.807) is 11.3 Å². The molecule has 0 spiro atoms. The molecule has 3 aromatic heterocycles. The van der Waals surface area contributed by atoms with Crippen molar-refractivity contribution in [3.63, 3.8) is 0 Å². The van der Waals surface area contributed by atoms with Gasteiger partial charge in [-0.15, -0.1) is 11.3 Å². The summed E-state index contributed by atoms with van der Waals surface area (Å²) in [6, 6.07) is 1.95. The summed E-state index contributed by atoms with van der Waals surface area (Å²) >= 11 is 7.68. The quantitative estimate of drug-likeness (QED) is 0.616. The summed E-state index contributed by atoms with van der Waals surface area (Å²) in [5.41, 5.74) is 0.836. The van der Waals surface area contributed by atoms with E-state index in [0.717, 1.165) is 34.0 Å². The fraction of sp³-hybridized carbons (Fsp3) is 0.312. The first-order valence-corrected chi connectivity index (χ1v) is 9.37. The molecule has 2 N–H and O–H groups in total. The summed E-state index contributed by atoms with van der Waals surface area (Å²) in [4.78, 5) is 30.8. The van der Waals surface area contributed by atoms with Gasteiger partial charge in [0.1, 0.15) is 0 Å². The lowest BCUT2D eigenvalue weighted by Crippen LogP contribution is -2.36. The second-order valence-electron chi connectivity index (χ2n) is 5.80. The Kier molecular flexibility index (Phi) is 5.01. The van der Waals surface area contributed by atoms with Crippen LogP contribution in [0.25, 0.3) is 10.2 Å². The molecule has 27 heavy (non-hydrogen) atoms. The Hall–Kier alpha value is -2.56. The second-order valence-corrected chi connectivity index (χ2v) is 7.27. The third-order valence-corrected chi connectivity index (χ3v) is 5.30. The van der Waals surface area contributed by atoms with Crippen LogP contribution in [0.1, 0.15) is 15.2 Å². The Morgan fingerprint density at radius 1 is 1.30 bits per heavy atom. The van der Waals surface area contributed by atoms with Gasteiger partial charge in [0.25, 0.3) is 0 Å². The van der Waals surface area contributed by atoms with E-state index in [1.807, 2.05) is 6.07 Å². The van der Waals surface area contributed by atoms with Crippen LogP contribution in [0.5, 0.6) is 0 Å². The molecular weight excluding hydrogens is 392 g/mol. The van der Waals surface area contributed by atoms with E-state index in [-0.39, 0.29) is 10.8 Å². The predicted octanol–water partition coefficient (Wildman–Crippen LogP) is 2.28. The zero-order valence-corrected chi connectivity index (χ0v) is 15.6. The molecule has 11 heteroatoms. The molecule has 3 aromatic rings. The minimum Gasteiger partial charge on any atom is -0.478 e. The largest absolute Gasteiger partial charge is 0.478 e. The molecule has 140 valence electrons. The minimum absolute atomic E-state index is 0.0440. The van der Waals surface area contributed by atoms with E-state index < -0.39 is 5.97 Å². The lowest BCUT2D eigenvalue weighted by atomic mass is 10.3. The van der Waals surface area contributed by atoms with E-state index in [9.17, 15) is 4.79 Å². The molecule has 0 aliphatic carbocycles. The van der Waals surface area contributed by atoms with Gasteiger partial charge in [-0.2, -0.15) is 4.98 Å². The van der Waals surface area contributed by atoms with E-state index in [2.05, 4.69) is 30.2 Å². The van der Waals surface area contributed by atoms with Crippen LogP contribution < -0.4 is 10.2 Å². The minimum atomic E-state index is -1.06. The third kappa shape index (κ3) is 3.92. The van der Waals surface area contributed by atoms with Crippen LogP contribution in [-0.2, 0) is 11.3 Å². The third-order valence-electron chi connectivity index (χ3n) is 4.01. The number of halogens is 1. The van der Waals surface area contributed by atoms with Gasteiger partial charge >= 0.3 is 5.97 Å². The van der Waals surface area contributed by atoms with Gasteiger partial charge in [-0.3, -0.25) is 0 Å². The summed E-state index contributed by atoms with van der Waals surface area (Å²) in [7, 11) is 0. The summed E-state index contributed by atoms with van der Waals surface area (Å²) < 4.78 is 6.38. The first kappa shape index (κ1) is 17.8. The predicted molar refractivity (Wildman–Crippen MR) is 102 cm³/mol. The van der Waals surface area contributed by atoms with E-state index in [4.69, 9.17) is 21.4 Å². The van der Waals surface area contributed by atoms with Crippen molar-refractivity contribution in [3.8, 4) is 0 Å². The van der Waals surface area contributed by atoms with Gasteiger partial charge < -0.3 is 20.1 Å². The Balaban J connectivity index is 1.55. The highest BCUT2D eigenvalue weighted by molar-refractivity contribution is 7.19. The molecule has 0 atom stereocenters. The first-order chi connectivity index (χ1) is 13.1. The van der Waals surface area contributed by atoms with Gasteiger partial charge in [0.15, 0.2) is 5.82 Å². The van der Waals surface area contributed by atoms with Crippen molar-refractivity contribution in [1.29, 1.82) is 0 Å². The van der Waals surface area contributed by atoms with E-state index >= 15 is 0 Å². The lowest BCUT2D eigenvalue weighted by molar-refractivity contribution is 0.0696. The smallest absolute Gasteiger partial charge is 0.338 e. The highest BCUT2D eigenvalue weighted by atomic mass is 35.5. The Labute approximate surface area is 163 Å². The summed E-state index contributed by atoms with van der Waals surface area (Å²) in [6.07, 6.45) is 2.54. The molecule has 9 nitrogen and oxygen atoms in total. The van der Waals surface area contributed by atoms with Gasteiger partial charge in [0.05, 0.1) is 35.5 Å². The highest BCUT2D eigenvalue weighted by Crippen LogP contribution is 2.33. The number of thiophene rings is 1. The van der Waals surface area contributed by atoms with E-state index in [0.29, 0.717) is 25.7 Å². The maximum Gasteiger partial charge on any atom is 0.338 e. The molecule has 4 rings (SSSR count). The molecule has 0 amide bonds. The van der Waals surface area contributed by atoms with Crippen LogP contribution >= 0.6 is 22.9 Å². The van der Waals surface area contributed by atoms with Crippen LogP contribution in [0.3, 0.4) is 0 Å². The van der Waals surface area contributed by atoms with Crippen molar-refractivity contribution >= 4 is 50.9 Å². The van der Waals surface area contributed by atoms with Crippen LogP contribution in [-0.4, -0.2) is 57.3 Å². The molecule has 1 fully saturated rings. The average Bonchev–Trinajstić information content (AvgIpc) is 3.09. The number of aromatic carboxylic acids is 1. The van der Waals surface area contributed by atoms with E-state index in [1.165, 1.54) is 12.4 Å². The first-order valence-electron chi connectivity index (χ1n) is 8.18. The van der Waals surface area contributed by atoms with Crippen molar-refractivity contribution < 1.29 is 14.6 Å². The molecule has 4 heterocycles. The molecule has 0 saturated carbocycles. The number of rotatable bonds is 5. The van der Waals surface area contributed by atoms with Crippen LogP contribution in [0.2, 0.25) is 5.28 Å². The average molecular weight is 407 g/mol. The normalized spacial score (nSPS) is 14.5. The van der Waals surface area contributed by atoms with Gasteiger partial charge in [-0.05, 0) is 17.7 Å². The van der Waals surface area contributed by atoms with Gasteiger partial charge in [-0.25, -0.2) is 19.7 Å². The number of morpholine rings is 1. The number of carbonyl (C=O) groups is 1. The number of fused-ring (bicyclic) bond motifs is 1. The molecule has 1 aliphatic heterocycles. The number of ether oxygens (including phenoxy) is 1. The fourth-order valence-electron chi connectivity index (χ4n) is 2.71. The van der Waals surface area contributed by atoms with Crippen LogP contribution in [0.4, 0.5) is 11.8 Å². The van der Waals surface area contributed by atoms with Crippen LogP contribution in [0, 0.1) is 0 Å². The second kappa shape index (κ2) is 7.59. The van der Waals surface area contributed by atoms with Gasteiger partial charge in [0, 0.05) is 30.4 Å². The molecule has 0 aromatic carbocycles. The number of nitrogens with zero attached hydrogens (tertiary/aromatic N) is 5. The Morgan fingerprint density at radius 2 is 2.04 bits per heavy atom. The number of nitrogens with one attached hydrogen (secondary N) is 1. The highest BCUT2D eigenvalue weighted by Gasteiger charge is 2.19. The molecule has 0 bridgehead atoms. The number of anilines is 2. The fourth-order valence-corrected chi connectivity index (χ4v) is 3.93. The van der Waals surface area contributed by atoms with Gasteiger partial charge in [0.2, 0.25) is 11.2 Å². The molecule has 0 radical (unpaired) electrons. The maximum atomic E-state index is 10.8. The molecule has 0 unspecified atom stereocenters. The summed E-state index contributed by atoms with van der Waals surface area (Å²) in [5, 5.41) is 12.2. The van der Waals surface area contributed by atoms with Crippen molar-refractivity contribution in [2.45, 2.75) is 6.54 Å². The van der Waals surface area contributed by atoms with Crippen molar-refractivity contribution in [1.82, 2.24) is 19.9 Å². The SMILES string of the molecule is O=C(O)c1cnc(NCc2cc3nc(Cl)nc(N4CCOCC4)c3s2)nc1.